The molecule has 1 saturated carbocycles. The van der Waals surface area contributed by atoms with Crippen LogP contribution in [0.2, 0.25) is 5.02 Å². The number of hydrogen-bond donors (Lipinski definition) is 3. The summed E-state index contributed by atoms with van der Waals surface area (Å²) in [5, 5.41) is 13.4. The van der Waals surface area contributed by atoms with Gasteiger partial charge in [0, 0.05) is 0 Å². The number of rotatable bonds is 6. The summed E-state index contributed by atoms with van der Waals surface area (Å²) >= 11 is 5.84. The second-order valence-corrected chi connectivity index (χ2v) is 8.45. The van der Waals surface area contributed by atoms with E-state index in [0.717, 1.165) is 6.07 Å². The molecule has 8 nitrogen and oxygen atoms in total. The van der Waals surface area contributed by atoms with Crippen LogP contribution in [-0.4, -0.2) is 47.2 Å². The Balaban J connectivity index is 2.16. The van der Waals surface area contributed by atoms with E-state index < -0.39 is 48.1 Å². The van der Waals surface area contributed by atoms with Crippen LogP contribution in [0.1, 0.15) is 55.6 Å². The van der Waals surface area contributed by atoms with Gasteiger partial charge in [-0.3, -0.25) is 0 Å². The average molecular weight is 467 g/mol. The van der Waals surface area contributed by atoms with Crippen molar-refractivity contribution in [3.8, 4) is 0 Å². The number of ether oxygens (including phenoxy) is 2. The van der Waals surface area contributed by atoms with Crippen molar-refractivity contribution in [2.75, 3.05) is 6.61 Å². The number of carbonyl (C=O) groups is 3. The molecule has 0 spiro atoms. The molecule has 1 aliphatic rings. The lowest BCUT2D eigenvalue weighted by Crippen LogP contribution is -2.48. The van der Waals surface area contributed by atoms with Crippen LogP contribution in [0.3, 0.4) is 0 Å². The second kappa shape index (κ2) is 8.81. The summed E-state index contributed by atoms with van der Waals surface area (Å²) < 4.78 is 49.0. The molecule has 0 saturated heterocycles. The van der Waals surface area contributed by atoms with E-state index in [1.165, 1.54) is 12.1 Å². The Morgan fingerprint density at radius 1 is 1.19 bits per heavy atom. The summed E-state index contributed by atoms with van der Waals surface area (Å²) in [4.78, 5) is 35.4. The number of carboxylic acid groups (broad SMARTS) is 1. The number of amides is 2. The van der Waals surface area contributed by atoms with Crippen molar-refractivity contribution in [1.82, 2.24) is 10.6 Å². The molecule has 0 unspecified atom stereocenters. The molecule has 2 rings (SSSR count). The van der Waals surface area contributed by atoms with Gasteiger partial charge in [0.05, 0.1) is 16.6 Å². The Morgan fingerprint density at radius 3 is 2.29 bits per heavy atom. The summed E-state index contributed by atoms with van der Waals surface area (Å²) in [5.41, 5.74) is -3.25. The number of carbonyl (C=O) groups excluding carboxylic acids is 2. The molecule has 1 aromatic rings. The molecular formula is C19H22ClF3N2O6. The molecule has 0 bridgehead atoms. The van der Waals surface area contributed by atoms with Gasteiger partial charge in [-0.25, -0.2) is 14.4 Å². The van der Waals surface area contributed by atoms with Crippen LogP contribution < -0.4 is 10.6 Å². The van der Waals surface area contributed by atoms with Gasteiger partial charge < -0.3 is 25.2 Å². The number of carboxylic acids is 1. The van der Waals surface area contributed by atoms with Crippen molar-refractivity contribution < 1.29 is 42.1 Å². The highest BCUT2D eigenvalue weighted by atomic mass is 35.5. The first-order valence-corrected chi connectivity index (χ1v) is 9.55. The van der Waals surface area contributed by atoms with Gasteiger partial charge in [0.1, 0.15) is 17.7 Å². The van der Waals surface area contributed by atoms with Crippen molar-refractivity contribution in [3.63, 3.8) is 0 Å². The molecule has 1 aliphatic carbocycles. The number of alkyl carbamates (subject to hydrolysis) is 2. The van der Waals surface area contributed by atoms with Crippen LogP contribution in [-0.2, 0) is 9.47 Å². The first kappa shape index (κ1) is 24.6. The minimum atomic E-state index is -4.62. The maximum Gasteiger partial charge on any atom is 0.411 e. The number of aromatic carboxylic acids is 1. The minimum absolute atomic E-state index is 0.0632. The number of hydrogen-bond acceptors (Lipinski definition) is 5. The van der Waals surface area contributed by atoms with Gasteiger partial charge in [0.2, 0.25) is 0 Å². The molecule has 1 fully saturated rings. The van der Waals surface area contributed by atoms with Gasteiger partial charge in [0.15, 0.2) is 0 Å². The predicted octanol–water partition coefficient (Wildman–Crippen LogP) is 4.43. The van der Waals surface area contributed by atoms with Crippen molar-refractivity contribution in [2.24, 2.45) is 0 Å². The van der Waals surface area contributed by atoms with E-state index in [9.17, 15) is 32.7 Å². The van der Waals surface area contributed by atoms with Gasteiger partial charge >= 0.3 is 24.3 Å². The molecule has 0 heterocycles. The Labute approximate surface area is 181 Å². The summed E-state index contributed by atoms with van der Waals surface area (Å²) in [7, 11) is 0. The molecule has 0 aromatic heterocycles. The lowest BCUT2D eigenvalue weighted by Gasteiger charge is -2.25. The quantitative estimate of drug-likeness (QED) is 0.571. The van der Waals surface area contributed by atoms with Crippen molar-refractivity contribution >= 4 is 29.8 Å². The largest absolute Gasteiger partial charge is 0.478 e. The van der Waals surface area contributed by atoms with Crippen molar-refractivity contribution in [1.29, 1.82) is 0 Å². The fourth-order valence-electron chi connectivity index (χ4n) is 2.59. The predicted molar refractivity (Wildman–Crippen MR) is 103 cm³/mol. The SMILES string of the molecule is CC(C)(C)OC(=O)N[C@H](COC(=O)NC1(C(F)(F)F)CC1)c1ccc(Cl)c(C(=O)O)c1. The second-order valence-electron chi connectivity index (χ2n) is 8.05. The summed E-state index contributed by atoms with van der Waals surface area (Å²) in [6.07, 6.45) is -7.36. The monoisotopic (exact) mass is 466 g/mol. The maximum atomic E-state index is 13.0. The highest BCUT2D eigenvalue weighted by Crippen LogP contribution is 2.48. The zero-order chi connectivity index (χ0) is 23.6. The molecule has 31 heavy (non-hydrogen) atoms. The standard InChI is InChI=1S/C19H22ClF3N2O6/c1-17(2,3)31-15(28)24-13(10-4-5-12(20)11(8-10)14(26)27)9-30-16(29)25-18(6-7-18)19(21,22)23/h4-5,8,13H,6-7,9H2,1-3H3,(H,24,28)(H,25,29)(H,26,27)/t13-/m1/s1. The lowest BCUT2D eigenvalue weighted by molar-refractivity contribution is -0.164. The van der Waals surface area contributed by atoms with Gasteiger partial charge in [-0.1, -0.05) is 17.7 Å². The minimum Gasteiger partial charge on any atom is -0.478 e. The smallest absolute Gasteiger partial charge is 0.411 e. The average Bonchev–Trinajstić information content (AvgIpc) is 3.38. The van der Waals surface area contributed by atoms with Crippen molar-refractivity contribution in [3.05, 3.63) is 34.3 Å². The zero-order valence-corrected chi connectivity index (χ0v) is 17.7. The van der Waals surface area contributed by atoms with Crippen LogP contribution in [0.15, 0.2) is 18.2 Å². The first-order valence-electron chi connectivity index (χ1n) is 9.17. The molecule has 0 aliphatic heterocycles. The van der Waals surface area contributed by atoms with E-state index in [1.54, 1.807) is 26.1 Å². The Kier molecular flexibility index (Phi) is 6.99. The lowest BCUT2D eigenvalue weighted by atomic mass is 10.0. The van der Waals surface area contributed by atoms with E-state index in [1.807, 2.05) is 0 Å². The number of nitrogens with one attached hydrogen (secondary N) is 2. The van der Waals surface area contributed by atoms with Crippen LogP contribution >= 0.6 is 11.6 Å². The normalized spacial score (nSPS) is 16.1. The summed E-state index contributed by atoms with van der Waals surface area (Å²) in [6, 6.07) is 2.70. The van der Waals surface area contributed by atoms with E-state index in [4.69, 9.17) is 21.1 Å². The Hall–Kier alpha value is -2.69. The molecule has 172 valence electrons. The fraction of sp³-hybridized carbons (Fsp3) is 0.526. The third kappa shape index (κ3) is 6.65. The third-order valence-electron chi connectivity index (χ3n) is 4.33. The maximum absolute atomic E-state index is 13.0. The van der Waals surface area contributed by atoms with Gasteiger partial charge in [-0.2, -0.15) is 13.2 Å². The molecule has 3 N–H and O–H groups in total. The fourth-order valence-corrected chi connectivity index (χ4v) is 2.79. The van der Waals surface area contributed by atoms with Gasteiger partial charge in [-0.15, -0.1) is 0 Å². The van der Waals surface area contributed by atoms with Gasteiger partial charge in [-0.05, 0) is 51.3 Å². The summed E-state index contributed by atoms with van der Waals surface area (Å²) in [5.74, 6) is -1.33. The van der Waals surface area contributed by atoms with Crippen molar-refractivity contribution in [2.45, 2.75) is 57.0 Å². The molecular weight excluding hydrogens is 445 g/mol. The molecule has 0 radical (unpaired) electrons. The van der Waals surface area contributed by atoms with Crippen LogP contribution in [0.5, 0.6) is 0 Å². The molecule has 12 heteroatoms. The first-order chi connectivity index (χ1) is 14.1. The Bertz CT molecular complexity index is 865. The highest BCUT2D eigenvalue weighted by molar-refractivity contribution is 6.33. The van der Waals surface area contributed by atoms with Crippen LogP contribution in [0.4, 0.5) is 22.8 Å². The van der Waals surface area contributed by atoms with E-state index in [0.29, 0.717) is 0 Å². The third-order valence-corrected chi connectivity index (χ3v) is 4.66. The van der Waals surface area contributed by atoms with Crippen LogP contribution in [0.25, 0.3) is 0 Å². The number of halogens is 4. The summed E-state index contributed by atoms with van der Waals surface area (Å²) in [6.45, 7) is 4.26. The van der Waals surface area contributed by atoms with E-state index in [-0.39, 0.29) is 29.0 Å². The van der Waals surface area contributed by atoms with Crippen LogP contribution in [0, 0.1) is 0 Å². The topological polar surface area (TPSA) is 114 Å². The van der Waals surface area contributed by atoms with E-state index >= 15 is 0 Å². The number of alkyl halides is 3. The Morgan fingerprint density at radius 2 is 1.81 bits per heavy atom. The number of benzene rings is 1. The molecule has 1 atom stereocenters. The molecule has 1 aromatic carbocycles. The zero-order valence-electron chi connectivity index (χ0n) is 16.9. The van der Waals surface area contributed by atoms with Gasteiger partial charge in [0.25, 0.3) is 0 Å². The van der Waals surface area contributed by atoms with E-state index in [2.05, 4.69) is 5.32 Å². The molecule has 2 amide bonds. The highest BCUT2D eigenvalue weighted by Gasteiger charge is 2.64.